The van der Waals surface area contributed by atoms with Crippen molar-refractivity contribution in [2.24, 2.45) is 0 Å². The Bertz CT molecular complexity index is 1040. The van der Waals surface area contributed by atoms with E-state index in [0.29, 0.717) is 11.3 Å². The maximum atomic E-state index is 13.1. The Morgan fingerprint density at radius 1 is 1.10 bits per heavy atom. The number of hydrogen-bond acceptors (Lipinski definition) is 7. The topological polar surface area (TPSA) is 130 Å². The SMILES string of the molecule is CCC/C=C1\SC(C)(c2ccc(O)c(O)c2O)N(NC(=O)c2ccccc2O)C1=O. The second-order valence-corrected chi connectivity index (χ2v) is 8.31. The zero-order chi connectivity index (χ0) is 22.1. The minimum absolute atomic E-state index is 0.0265. The molecule has 0 radical (unpaired) electrons. The van der Waals surface area contributed by atoms with Gasteiger partial charge in [0.15, 0.2) is 11.5 Å². The number of rotatable bonds is 5. The van der Waals surface area contributed by atoms with Crippen LogP contribution in [-0.2, 0) is 9.67 Å². The van der Waals surface area contributed by atoms with E-state index in [2.05, 4.69) is 5.43 Å². The number of nitrogens with zero attached hydrogens (tertiary/aromatic N) is 1. The molecule has 3 rings (SSSR count). The summed E-state index contributed by atoms with van der Waals surface area (Å²) in [6, 6.07) is 8.46. The summed E-state index contributed by atoms with van der Waals surface area (Å²) in [7, 11) is 0. The minimum atomic E-state index is -1.33. The van der Waals surface area contributed by atoms with E-state index in [4.69, 9.17) is 0 Å². The number of phenolic OH excluding ortho intramolecular Hbond substituents is 4. The Hall–Kier alpha value is -3.33. The zero-order valence-corrected chi connectivity index (χ0v) is 17.2. The van der Waals surface area contributed by atoms with Gasteiger partial charge in [-0.1, -0.05) is 43.3 Å². The third-order valence-corrected chi connectivity index (χ3v) is 6.12. The number of hydrogen-bond donors (Lipinski definition) is 5. The fourth-order valence-electron chi connectivity index (χ4n) is 3.12. The van der Waals surface area contributed by atoms with Crippen LogP contribution >= 0.6 is 11.8 Å². The van der Waals surface area contributed by atoms with E-state index >= 15 is 0 Å². The van der Waals surface area contributed by atoms with Crippen LogP contribution in [0.4, 0.5) is 0 Å². The first kappa shape index (κ1) is 21.4. The molecule has 30 heavy (non-hydrogen) atoms. The van der Waals surface area contributed by atoms with Gasteiger partial charge in [-0.25, -0.2) is 5.01 Å². The molecular formula is C21H22N2O6S. The Labute approximate surface area is 177 Å². The largest absolute Gasteiger partial charge is 0.507 e. The van der Waals surface area contributed by atoms with Crippen LogP contribution in [-0.4, -0.2) is 37.2 Å². The average Bonchev–Trinajstić information content (AvgIpc) is 2.95. The Morgan fingerprint density at radius 2 is 1.80 bits per heavy atom. The highest BCUT2D eigenvalue weighted by molar-refractivity contribution is 8.05. The van der Waals surface area contributed by atoms with Gasteiger partial charge in [0.2, 0.25) is 5.75 Å². The molecular weight excluding hydrogens is 408 g/mol. The average molecular weight is 430 g/mol. The molecule has 1 fully saturated rings. The van der Waals surface area contributed by atoms with Crippen molar-refractivity contribution in [3.8, 4) is 23.0 Å². The first-order valence-corrected chi connectivity index (χ1v) is 10.1. The molecule has 0 bridgehead atoms. The maximum Gasteiger partial charge on any atom is 0.280 e. The molecule has 0 aromatic heterocycles. The summed E-state index contributed by atoms with van der Waals surface area (Å²) in [6.45, 7) is 3.56. The number of carbonyl (C=O) groups excluding carboxylic acids is 2. The third kappa shape index (κ3) is 3.63. The Balaban J connectivity index is 2.07. The zero-order valence-electron chi connectivity index (χ0n) is 16.4. The molecule has 1 aliphatic heterocycles. The number of unbranched alkanes of at least 4 members (excludes halogenated alkanes) is 1. The van der Waals surface area contributed by atoms with Crippen LogP contribution in [0.2, 0.25) is 0 Å². The Kier molecular flexibility index (Phi) is 5.84. The fraction of sp³-hybridized carbons (Fsp3) is 0.238. The summed E-state index contributed by atoms with van der Waals surface area (Å²) in [6.07, 6.45) is 3.19. The van der Waals surface area contributed by atoms with Crippen LogP contribution in [0.5, 0.6) is 23.0 Å². The normalized spacial score (nSPS) is 20.0. The Morgan fingerprint density at radius 3 is 2.47 bits per heavy atom. The summed E-state index contributed by atoms with van der Waals surface area (Å²) in [5, 5.41) is 41.1. The molecule has 1 saturated heterocycles. The van der Waals surface area contributed by atoms with Crippen molar-refractivity contribution in [2.75, 3.05) is 0 Å². The van der Waals surface area contributed by atoms with Crippen LogP contribution in [0, 0.1) is 0 Å². The van der Waals surface area contributed by atoms with E-state index in [1.54, 1.807) is 25.1 Å². The standard InChI is InChI=1S/C21H22N2O6S/c1-3-4-9-16-20(29)23(22-19(28)12-7-5-6-8-14(12)24)21(2,30-16)13-10-11-15(25)18(27)17(13)26/h5-11,24-27H,3-4H2,1-2H3,(H,22,28)/b16-9-. The highest BCUT2D eigenvalue weighted by Gasteiger charge is 2.50. The van der Waals surface area contributed by atoms with Crippen LogP contribution in [0.15, 0.2) is 47.4 Å². The van der Waals surface area contributed by atoms with Gasteiger partial charge in [-0.2, -0.15) is 0 Å². The van der Waals surface area contributed by atoms with Crippen molar-refractivity contribution in [3.63, 3.8) is 0 Å². The molecule has 2 amide bonds. The van der Waals surface area contributed by atoms with E-state index in [-0.39, 0.29) is 16.9 Å². The van der Waals surface area contributed by atoms with Gasteiger partial charge in [0.1, 0.15) is 10.6 Å². The third-order valence-electron chi connectivity index (χ3n) is 4.76. The quantitative estimate of drug-likeness (QED) is 0.363. The minimum Gasteiger partial charge on any atom is -0.507 e. The first-order chi connectivity index (χ1) is 14.2. The molecule has 1 aliphatic rings. The number of thioether (sulfide) groups is 1. The molecule has 8 nitrogen and oxygen atoms in total. The van der Waals surface area contributed by atoms with Gasteiger partial charge in [-0.3, -0.25) is 15.0 Å². The summed E-state index contributed by atoms with van der Waals surface area (Å²) >= 11 is 1.10. The molecule has 9 heteroatoms. The smallest absolute Gasteiger partial charge is 0.280 e. The van der Waals surface area contributed by atoms with Crippen LogP contribution in [0.1, 0.15) is 42.6 Å². The van der Waals surface area contributed by atoms with Gasteiger partial charge in [0.25, 0.3) is 11.8 Å². The van der Waals surface area contributed by atoms with Crippen molar-refractivity contribution in [3.05, 3.63) is 58.5 Å². The molecule has 0 spiro atoms. The van der Waals surface area contributed by atoms with Gasteiger partial charge in [0.05, 0.1) is 10.5 Å². The van der Waals surface area contributed by atoms with Crippen molar-refractivity contribution >= 4 is 23.6 Å². The van der Waals surface area contributed by atoms with Crippen molar-refractivity contribution < 1.29 is 30.0 Å². The van der Waals surface area contributed by atoms with Crippen molar-refractivity contribution in [1.29, 1.82) is 0 Å². The molecule has 158 valence electrons. The molecule has 1 heterocycles. The highest BCUT2D eigenvalue weighted by atomic mass is 32.2. The van der Waals surface area contributed by atoms with E-state index in [1.807, 2.05) is 6.92 Å². The molecule has 2 aromatic rings. The van der Waals surface area contributed by atoms with Crippen molar-refractivity contribution in [1.82, 2.24) is 10.4 Å². The highest BCUT2D eigenvalue weighted by Crippen LogP contribution is 2.54. The summed E-state index contributed by atoms with van der Waals surface area (Å²) < 4.78 is 0. The maximum absolute atomic E-state index is 13.1. The monoisotopic (exact) mass is 430 g/mol. The second kappa shape index (κ2) is 8.19. The molecule has 0 saturated carbocycles. The first-order valence-electron chi connectivity index (χ1n) is 9.27. The number of hydrazine groups is 1. The number of carbonyl (C=O) groups is 2. The van der Waals surface area contributed by atoms with Gasteiger partial charge < -0.3 is 20.4 Å². The molecule has 2 aromatic carbocycles. The van der Waals surface area contributed by atoms with Crippen LogP contribution < -0.4 is 5.43 Å². The fourth-order valence-corrected chi connectivity index (χ4v) is 4.42. The summed E-state index contributed by atoms with van der Waals surface area (Å²) in [5.74, 6) is -3.29. The number of nitrogens with one attached hydrogen (secondary N) is 1. The predicted molar refractivity (Wildman–Crippen MR) is 112 cm³/mol. The number of allylic oxidation sites excluding steroid dienone is 1. The van der Waals surface area contributed by atoms with Gasteiger partial charge in [-0.05, 0) is 37.6 Å². The number of benzene rings is 2. The van der Waals surface area contributed by atoms with Gasteiger partial charge >= 0.3 is 0 Å². The lowest BCUT2D eigenvalue weighted by Crippen LogP contribution is -2.51. The molecule has 5 N–H and O–H groups in total. The second-order valence-electron chi connectivity index (χ2n) is 6.87. The lowest BCUT2D eigenvalue weighted by molar-refractivity contribution is -0.131. The van der Waals surface area contributed by atoms with E-state index in [9.17, 15) is 30.0 Å². The number of aromatic hydroxyl groups is 4. The summed E-state index contributed by atoms with van der Waals surface area (Å²) in [5.41, 5.74) is 2.60. The van der Waals surface area contributed by atoms with E-state index < -0.39 is 33.9 Å². The van der Waals surface area contributed by atoms with Crippen LogP contribution in [0.3, 0.4) is 0 Å². The summed E-state index contributed by atoms with van der Waals surface area (Å²) in [4.78, 5) is 24.9. The lowest BCUT2D eigenvalue weighted by Gasteiger charge is -2.34. The van der Waals surface area contributed by atoms with E-state index in [0.717, 1.165) is 23.2 Å². The van der Waals surface area contributed by atoms with Crippen molar-refractivity contribution in [2.45, 2.75) is 31.6 Å². The lowest BCUT2D eigenvalue weighted by atomic mass is 10.0. The number of amides is 2. The number of phenols is 4. The van der Waals surface area contributed by atoms with Gasteiger partial charge in [-0.15, -0.1) is 0 Å². The van der Waals surface area contributed by atoms with Crippen LogP contribution in [0.25, 0.3) is 0 Å². The van der Waals surface area contributed by atoms with E-state index in [1.165, 1.54) is 24.3 Å². The van der Waals surface area contributed by atoms with Gasteiger partial charge in [0, 0.05) is 5.56 Å². The molecule has 0 aliphatic carbocycles. The number of para-hydroxylation sites is 1. The molecule has 1 atom stereocenters. The molecule has 1 unspecified atom stereocenters. The predicted octanol–water partition coefficient (Wildman–Crippen LogP) is 3.29.